The Labute approximate surface area is 161 Å². The van der Waals surface area contributed by atoms with Gasteiger partial charge in [-0.3, -0.25) is 4.79 Å². The number of ether oxygens (including phenoxy) is 1. The highest BCUT2D eigenvalue weighted by atomic mass is 32.2. The summed E-state index contributed by atoms with van der Waals surface area (Å²) < 4.78 is 40.5. The van der Waals surface area contributed by atoms with Gasteiger partial charge in [-0.2, -0.15) is 13.1 Å². The predicted octanol–water partition coefficient (Wildman–Crippen LogP) is 0.215. The Morgan fingerprint density at radius 2 is 2.30 bits per heavy atom. The molecule has 1 amide bonds. The van der Waals surface area contributed by atoms with E-state index in [0.29, 0.717) is 30.4 Å². The number of hydrogen-bond acceptors (Lipinski definition) is 8. The van der Waals surface area contributed by atoms with Crippen LogP contribution in [-0.2, 0) is 19.6 Å². The van der Waals surface area contributed by atoms with Crippen molar-refractivity contribution in [3.05, 3.63) is 18.2 Å². The van der Waals surface area contributed by atoms with Gasteiger partial charge in [0.05, 0.1) is 30.4 Å². The van der Waals surface area contributed by atoms with Crippen LogP contribution in [0.1, 0.15) is 12.8 Å². The molecule has 0 spiro atoms. The number of carbonyl (C=O) groups is 1. The highest BCUT2D eigenvalue weighted by Gasteiger charge is 2.34. The zero-order chi connectivity index (χ0) is 19.4. The fraction of sp³-hybridized carbons (Fsp3) is 0.562. The van der Waals surface area contributed by atoms with Gasteiger partial charge in [0.2, 0.25) is 15.9 Å². The Kier molecular flexibility index (Phi) is 6.37. The molecule has 1 aromatic heterocycles. The third-order valence-corrected chi connectivity index (χ3v) is 6.93. The van der Waals surface area contributed by atoms with Gasteiger partial charge in [0.15, 0.2) is 0 Å². The van der Waals surface area contributed by atoms with Crippen LogP contribution >= 0.6 is 11.7 Å². The van der Waals surface area contributed by atoms with Crippen molar-refractivity contribution in [3.8, 4) is 0 Å². The van der Waals surface area contributed by atoms with Crippen molar-refractivity contribution in [2.24, 2.45) is 5.92 Å². The molecule has 1 aliphatic rings. The van der Waals surface area contributed by atoms with E-state index >= 15 is 0 Å². The summed E-state index contributed by atoms with van der Waals surface area (Å²) in [6.45, 7) is 0.645. The Hall–Kier alpha value is -1.66. The number of hydrogen-bond donors (Lipinski definition) is 2. The van der Waals surface area contributed by atoms with Gasteiger partial charge >= 0.3 is 0 Å². The van der Waals surface area contributed by atoms with Crippen LogP contribution in [0.4, 0.5) is 0 Å². The van der Waals surface area contributed by atoms with E-state index in [2.05, 4.69) is 14.1 Å². The standard InChI is InChI=1S/C16H22N4O5S2/c1-25-10-12(21)8-17-16(22)11-4-3-7-20(9-11)27(23,24)14-6-2-5-13-15(14)19-26-18-13/h2,5-6,11-12,21H,3-4,7-10H2,1H3,(H,17,22)/t11-,12+/m0/s1. The van der Waals surface area contributed by atoms with E-state index in [-0.39, 0.29) is 30.5 Å². The zero-order valence-corrected chi connectivity index (χ0v) is 16.5. The molecule has 0 aliphatic carbocycles. The molecule has 0 bridgehead atoms. The van der Waals surface area contributed by atoms with Crippen LogP contribution in [-0.4, -0.2) is 71.9 Å². The number of nitrogens with one attached hydrogen (secondary N) is 1. The first-order valence-corrected chi connectivity index (χ1v) is 10.8. The first-order valence-electron chi connectivity index (χ1n) is 8.59. The topological polar surface area (TPSA) is 122 Å². The van der Waals surface area contributed by atoms with Crippen molar-refractivity contribution < 1.29 is 23.1 Å². The molecule has 1 fully saturated rings. The van der Waals surface area contributed by atoms with Gasteiger partial charge in [0, 0.05) is 26.7 Å². The number of carbonyl (C=O) groups excluding carboxylic acids is 1. The average Bonchev–Trinajstić information content (AvgIpc) is 3.15. The lowest BCUT2D eigenvalue weighted by atomic mass is 9.99. The molecule has 0 unspecified atom stereocenters. The monoisotopic (exact) mass is 414 g/mol. The van der Waals surface area contributed by atoms with E-state index in [4.69, 9.17) is 4.74 Å². The van der Waals surface area contributed by atoms with Gasteiger partial charge in [-0.25, -0.2) is 8.42 Å². The third-order valence-electron chi connectivity index (χ3n) is 4.49. The van der Waals surface area contributed by atoms with E-state index in [0.717, 1.165) is 11.7 Å². The first kappa shape index (κ1) is 20.1. The van der Waals surface area contributed by atoms with Gasteiger partial charge in [0.25, 0.3) is 0 Å². The number of aliphatic hydroxyl groups is 1. The minimum absolute atomic E-state index is 0.0692. The molecular formula is C16H22N4O5S2. The second kappa shape index (κ2) is 8.57. The van der Waals surface area contributed by atoms with E-state index in [9.17, 15) is 18.3 Å². The molecule has 2 aromatic rings. The number of piperidine rings is 1. The number of aromatic nitrogens is 2. The van der Waals surface area contributed by atoms with E-state index in [1.54, 1.807) is 12.1 Å². The molecule has 2 atom stereocenters. The summed E-state index contributed by atoms with van der Waals surface area (Å²) in [4.78, 5) is 12.5. The minimum Gasteiger partial charge on any atom is -0.389 e. The Morgan fingerprint density at radius 3 is 3.07 bits per heavy atom. The lowest BCUT2D eigenvalue weighted by Crippen LogP contribution is -2.46. The largest absolute Gasteiger partial charge is 0.389 e. The number of sulfonamides is 1. The van der Waals surface area contributed by atoms with Gasteiger partial charge in [-0.15, -0.1) is 0 Å². The van der Waals surface area contributed by atoms with Crippen LogP contribution in [0.3, 0.4) is 0 Å². The molecule has 148 valence electrons. The number of methoxy groups -OCH3 is 1. The smallest absolute Gasteiger partial charge is 0.245 e. The predicted molar refractivity (Wildman–Crippen MR) is 99.8 cm³/mol. The fourth-order valence-electron chi connectivity index (χ4n) is 3.12. The van der Waals surface area contributed by atoms with Crippen LogP contribution in [0.25, 0.3) is 11.0 Å². The maximum atomic E-state index is 13.1. The normalized spacial score (nSPS) is 19.9. The maximum Gasteiger partial charge on any atom is 0.245 e. The molecule has 3 rings (SSSR count). The molecule has 11 heteroatoms. The Balaban J connectivity index is 1.72. The van der Waals surface area contributed by atoms with E-state index in [1.807, 2.05) is 0 Å². The van der Waals surface area contributed by atoms with Crippen LogP contribution in [0.2, 0.25) is 0 Å². The molecule has 2 N–H and O–H groups in total. The molecule has 27 heavy (non-hydrogen) atoms. The highest BCUT2D eigenvalue weighted by Crippen LogP contribution is 2.28. The molecule has 9 nitrogen and oxygen atoms in total. The SMILES string of the molecule is COC[C@H](O)CNC(=O)[C@H]1CCCN(S(=O)(=O)c2cccc3nsnc23)C1. The van der Waals surface area contributed by atoms with E-state index < -0.39 is 22.0 Å². The maximum absolute atomic E-state index is 13.1. The number of nitrogens with zero attached hydrogens (tertiary/aromatic N) is 3. The zero-order valence-electron chi connectivity index (χ0n) is 14.9. The number of fused-ring (bicyclic) bond motifs is 1. The van der Waals surface area contributed by atoms with Gasteiger partial charge in [-0.05, 0) is 25.0 Å². The molecule has 1 aliphatic heterocycles. The van der Waals surface area contributed by atoms with Crippen molar-refractivity contribution in [1.82, 2.24) is 18.4 Å². The summed E-state index contributed by atoms with van der Waals surface area (Å²) in [6, 6.07) is 4.88. The van der Waals surface area contributed by atoms with Crippen molar-refractivity contribution in [2.75, 3.05) is 33.4 Å². The van der Waals surface area contributed by atoms with Crippen LogP contribution in [0.5, 0.6) is 0 Å². The summed E-state index contributed by atoms with van der Waals surface area (Å²) in [5, 5.41) is 12.3. The Bertz CT molecular complexity index is 901. The molecule has 2 heterocycles. The highest BCUT2D eigenvalue weighted by molar-refractivity contribution is 7.89. The average molecular weight is 415 g/mol. The van der Waals surface area contributed by atoms with Crippen molar-refractivity contribution in [3.63, 3.8) is 0 Å². The summed E-state index contributed by atoms with van der Waals surface area (Å²) >= 11 is 0.967. The number of aliphatic hydroxyl groups excluding tert-OH is 1. The molecule has 0 saturated carbocycles. The van der Waals surface area contributed by atoms with Crippen LogP contribution in [0.15, 0.2) is 23.1 Å². The summed E-state index contributed by atoms with van der Waals surface area (Å²) in [6.07, 6.45) is 0.390. The van der Waals surface area contributed by atoms with Gasteiger partial charge in [0.1, 0.15) is 15.9 Å². The van der Waals surface area contributed by atoms with Gasteiger partial charge in [-0.1, -0.05) is 6.07 Å². The van der Waals surface area contributed by atoms with Crippen molar-refractivity contribution in [2.45, 2.75) is 23.8 Å². The lowest BCUT2D eigenvalue weighted by Gasteiger charge is -2.31. The van der Waals surface area contributed by atoms with Crippen molar-refractivity contribution in [1.29, 1.82) is 0 Å². The molecule has 1 aromatic carbocycles. The van der Waals surface area contributed by atoms with Crippen molar-refractivity contribution >= 4 is 38.7 Å². The number of rotatable bonds is 7. The van der Waals surface area contributed by atoms with Gasteiger partial charge < -0.3 is 15.2 Å². The molecule has 1 saturated heterocycles. The Morgan fingerprint density at radius 1 is 1.48 bits per heavy atom. The molecule has 0 radical (unpaired) electrons. The molecular weight excluding hydrogens is 392 g/mol. The first-order chi connectivity index (χ1) is 12.9. The van der Waals surface area contributed by atoms with E-state index in [1.165, 1.54) is 17.5 Å². The number of amides is 1. The summed E-state index contributed by atoms with van der Waals surface area (Å²) in [7, 11) is -2.31. The summed E-state index contributed by atoms with van der Waals surface area (Å²) in [5.41, 5.74) is 0.899. The second-order valence-corrected chi connectivity index (χ2v) is 8.88. The second-order valence-electron chi connectivity index (χ2n) is 6.44. The third kappa shape index (κ3) is 4.43. The lowest BCUT2D eigenvalue weighted by molar-refractivity contribution is -0.126. The quantitative estimate of drug-likeness (QED) is 0.664. The number of benzene rings is 1. The van der Waals surface area contributed by atoms with Crippen LogP contribution < -0.4 is 5.32 Å². The fourth-order valence-corrected chi connectivity index (χ4v) is 5.39. The summed E-state index contributed by atoms with van der Waals surface area (Å²) in [5.74, 6) is -0.727. The van der Waals surface area contributed by atoms with Crippen LogP contribution in [0, 0.1) is 5.92 Å². The minimum atomic E-state index is -3.78.